The van der Waals surface area contributed by atoms with Crippen LogP contribution in [0.5, 0.6) is 0 Å². The number of methoxy groups -OCH3 is 1. The summed E-state index contributed by atoms with van der Waals surface area (Å²) in [6.45, 7) is 11.1. The Morgan fingerprint density at radius 2 is 1.82 bits per heavy atom. The monoisotopic (exact) mass is 458 g/mol. The number of ketones is 1. The van der Waals surface area contributed by atoms with Crippen molar-refractivity contribution in [3.63, 3.8) is 0 Å². The van der Waals surface area contributed by atoms with Crippen LogP contribution in [0.2, 0.25) is 0 Å². The molecule has 5 fully saturated rings. The number of fused-ring (bicyclic) bond motifs is 3. The summed E-state index contributed by atoms with van der Waals surface area (Å²) in [5.41, 5.74) is -2.15. The highest BCUT2D eigenvalue weighted by atomic mass is 16.7. The smallest absolute Gasteiger partial charge is 0.339 e. The predicted molar refractivity (Wildman–Crippen MR) is 116 cm³/mol. The molecule has 7 nitrogen and oxygen atoms in total. The highest BCUT2D eigenvalue weighted by Crippen LogP contribution is 2.79. The van der Waals surface area contributed by atoms with Crippen LogP contribution < -0.4 is 0 Å². The minimum absolute atomic E-state index is 0.00662. The number of epoxide rings is 1. The maximum absolute atomic E-state index is 14.2. The molecule has 0 radical (unpaired) electrons. The Morgan fingerprint density at radius 3 is 2.48 bits per heavy atom. The van der Waals surface area contributed by atoms with Gasteiger partial charge in [-0.25, -0.2) is 4.79 Å². The first-order valence-electron chi connectivity index (χ1n) is 12.1. The topological polar surface area (TPSA) is 87.5 Å². The molecule has 2 aliphatic carbocycles. The molecule has 2 saturated carbocycles. The molecular weight excluding hydrogens is 424 g/mol. The average Bonchev–Trinajstić information content (AvgIpc) is 3.25. The van der Waals surface area contributed by atoms with E-state index in [2.05, 4.69) is 34.6 Å². The summed E-state index contributed by atoms with van der Waals surface area (Å²) in [4.78, 5) is 27.3. The van der Waals surface area contributed by atoms with Crippen molar-refractivity contribution in [1.82, 2.24) is 0 Å². The van der Waals surface area contributed by atoms with Gasteiger partial charge in [0, 0.05) is 35.8 Å². The summed E-state index contributed by atoms with van der Waals surface area (Å²) >= 11 is 0. The fourth-order valence-corrected chi connectivity index (χ4v) is 9.04. The van der Waals surface area contributed by atoms with E-state index in [0.717, 1.165) is 18.4 Å². The second kappa shape index (κ2) is 6.29. The van der Waals surface area contributed by atoms with Gasteiger partial charge in [0.05, 0.1) is 36.3 Å². The lowest BCUT2D eigenvalue weighted by Crippen LogP contribution is -2.71. The first kappa shape index (κ1) is 21.8. The van der Waals surface area contributed by atoms with Crippen molar-refractivity contribution in [1.29, 1.82) is 0 Å². The van der Waals surface area contributed by atoms with Crippen molar-refractivity contribution in [2.45, 2.75) is 83.4 Å². The van der Waals surface area contributed by atoms with Crippen LogP contribution in [-0.4, -0.2) is 48.9 Å². The molecule has 5 aliphatic rings. The lowest BCUT2D eigenvalue weighted by Gasteiger charge is -2.64. The third-order valence-electron chi connectivity index (χ3n) is 10.5. The highest BCUT2D eigenvalue weighted by molar-refractivity contribution is 5.93. The van der Waals surface area contributed by atoms with E-state index in [-0.39, 0.29) is 35.1 Å². The minimum atomic E-state index is -0.893. The number of carbonyl (C=O) groups excluding carboxylic acids is 2. The van der Waals surface area contributed by atoms with Crippen LogP contribution in [0.3, 0.4) is 0 Å². The number of cyclic esters (lactones) is 1. The Morgan fingerprint density at radius 1 is 1.06 bits per heavy atom. The molecule has 9 atom stereocenters. The van der Waals surface area contributed by atoms with Gasteiger partial charge in [-0.15, -0.1) is 0 Å². The van der Waals surface area contributed by atoms with Crippen LogP contribution in [0.15, 0.2) is 23.0 Å². The molecule has 1 aromatic rings. The van der Waals surface area contributed by atoms with Crippen LogP contribution in [0.25, 0.3) is 0 Å². The van der Waals surface area contributed by atoms with E-state index in [9.17, 15) is 9.59 Å². The first-order chi connectivity index (χ1) is 15.5. The molecule has 0 aromatic carbocycles. The Balaban J connectivity index is 1.51. The number of hydrogen-bond donors (Lipinski definition) is 0. The van der Waals surface area contributed by atoms with E-state index in [0.29, 0.717) is 13.0 Å². The molecule has 4 heterocycles. The van der Waals surface area contributed by atoms with Crippen LogP contribution in [0, 0.1) is 28.1 Å². The quantitative estimate of drug-likeness (QED) is 0.502. The number of rotatable bonds is 3. The first-order valence-corrected chi connectivity index (χ1v) is 12.1. The summed E-state index contributed by atoms with van der Waals surface area (Å²) in [5, 5.41) is 0. The fraction of sp³-hybridized carbons (Fsp3) is 0.769. The van der Waals surface area contributed by atoms with E-state index in [1.54, 1.807) is 19.6 Å². The molecule has 7 heteroatoms. The summed E-state index contributed by atoms with van der Waals surface area (Å²) < 4.78 is 29.8. The van der Waals surface area contributed by atoms with Gasteiger partial charge in [0.2, 0.25) is 0 Å². The number of hydrogen-bond acceptors (Lipinski definition) is 7. The Kier molecular flexibility index (Phi) is 4.16. The molecule has 1 spiro atoms. The van der Waals surface area contributed by atoms with Gasteiger partial charge >= 0.3 is 5.97 Å². The molecule has 3 saturated heterocycles. The molecule has 9 unspecified atom stereocenters. The number of ether oxygens (including phenoxy) is 4. The predicted octanol–water partition coefficient (Wildman–Crippen LogP) is 3.86. The lowest BCUT2D eigenvalue weighted by molar-refractivity contribution is -0.212. The summed E-state index contributed by atoms with van der Waals surface area (Å²) in [6.07, 6.45) is 3.91. The zero-order valence-corrected chi connectivity index (χ0v) is 20.3. The van der Waals surface area contributed by atoms with E-state index in [1.165, 1.54) is 0 Å². The fourth-order valence-electron chi connectivity index (χ4n) is 9.04. The molecule has 0 N–H and O–H groups in total. The molecular formula is C26H34O7. The molecule has 1 aromatic heterocycles. The van der Waals surface area contributed by atoms with Crippen LogP contribution in [0.4, 0.5) is 0 Å². The van der Waals surface area contributed by atoms with E-state index >= 15 is 0 Å². The molecule has 3 aliphatic heterocycles. The van der Waals surface area contributed by atoms with E-state index in [4.69, 9.17) is 23.4 Å². The number of furan rings is 1. The van der Waals surface area contributed by atoms with Crippen molar-refractivity contribution in [2.75, 3.05) is 13.7 Å². The molecule has 33 heavy (non-hydrogen) atoms. The third kappa shape index (κ3) is 2.23. The number of Topliss-reactive ketones (excluding diaryl/α,β-unsaturated/α-hetero) is 1. The molecule has 0 bridgehead atoms. The second-order valence-electron chi connectivity index (χ2n) is 12.0. The van der Waals surface area contributed by atoms with Crippen LogP contribution in [0.1, 0.15) is 65.5 Å². The lowest BCUT2D eigenvalue weighted by atomic mass is 9.37. The van der Waals surface area contributed by atoms with Gasteiger partial charge in [0.15, 0.2) is 6.10 Å². The normalized spacial score (nSPS) is 51.8. The van der Waals surface area contributed by atoms with E-state index < -0.39 is 34.2 Å². The van der Waals surface area contributed by atoms with Gasteiger partial charge in [0.25, 0.3) is 0 Å². The zero-order chi connectivity index (χ0) is 23.6. The summed E-state index contributed by atoms with van der Waals surface area (Å²) in [6, 6.07) is 1.84. The molecule has 180 valence electrons. The van der Waals surface area contributed by atoms with E-state index in [1.807, 2.05) is 6.07 Å². The average molecular weight is 459 g/mol. The minimum Gasteiger partial charge on any atom is -0.472 e. The standard InChI is InChI=1S/C26H34O7/c1-22(2)16-11-17(27)25(5)15(24(16,4)18(32-22)13-29-6)7-9-23(3)19(14-8-10-30-12-14)31-21(28)20-26(23,25)33-20/h8,10,12,15-16,18-20H,7,9,11,13H2,1-6H3. The van der Waals surface area contributed by atoms with Gasteiger partial charge in [-0.05, 0) is 45.6 Å². The Hall–Kier alpha value is -1.70. The maximum Gasteiger partial charge on any atom is 0.339 e. The van der Waals surface area contributed by atoms with Crippen molar-refractivity contribution < 1.29 is 33.0 Å². The largest absolute Gasteiger partial charge is 0.472 e. The van der Waals surface area contributed by atoms with Gasteiger partial charge in [-0.3, -0.25) is 4.79 Å². The Labute approximate surface area is 194 Å². The van der Waals surface area contributed by atoms with Gasteiger partial charge in [0.1, 0.15) is 17.5 Å². The number of carbonyl (C=O) groups is 2. The maximum atomic E-state index is 14.2. The molecule has 6 rings (SSSR count). The Bertz CT molecular complexity index is 1020. The van der Waals surface area contributed by atoms with Crippen molar-refractivity contribution in [2.24, 2.45) is 28.1 Å². The highest BCUT2D eigenvalue weighted by Gasteiger charge is 2.89. The van der Waals surface area contributed by atoms with Gasteiger partial charge in [-0.1, -0.05) is 13.8 Å². The molecule has 0 amide bonds. The van der Waals surface area contributed by atoms with Gasteiger partial charge in [-0.2, -0.15) is 0 Å². The third-order valence-corrected chi connectivity index (χ3v) is 10.5. The zero-order valence-electron chi connectivity index (χ0n) is 20.3. The second-order valence-corrected chi connectivity index (χ2v) is 12.0. The SMILES string of the molecule is COCC1OC(C)(C)C2CC(=O)C3(C)C(CCC4(C)C(c5ccoc5)OC(=O)C5OC543)C12C. The van der Waals surface area contributed by atoms with Gasteiger partial charge < -0.3 is 23.4 Å². The van der Waals surface area contributed by atoms with Crippen molar-refractivity contribution >= 4 is 11.8 Å². The summed E-state index contributed by atoms with van der Waals surface area (Å²) in [5.74, 6) is -0.114. The van der Waals surface area contributed by atoms with Crippen molar-refractivity contribution in [3.8, 4) is 0 Å². The summed E-state index contributed by atoms with van der Waals surface area (Å²) in [7, 11) is 1.70. The van der Waals surface area contributed by atoms with Crippen LogP contribution in [-0.2, 0) is 28.5 Å². The number of esters is 1. The van der Waals surface area contributed by atoms with Crippen LogP contribution >= 0.6 is 0 Å². The van der Waals surface area contributed by atoms with Crippen molar-refractivity contribution in [3.05, 3.63) is 24.2 Å².